The summed E-state index contributed by atoms with van der Waals surface area (Å²) in [4.78, 5) is 17.5. The topological polar surface area (TPSA) is 59.8 Å². The average molecular weight is 421 g/mol. The van der Waals surface area contributed by atoms with Crippen molar-refractivity contribution in [1.82, 2.24) is 14.8 Å². The Kier molecular flexibility index (Phi) is 3.93. The van der Waals surface area contributed by atoms with Crippen LogP contribution in [0.25, 0.3) is 11.4 Å². The van der Waals surface area contributed by atoms with Gasteiger partial charge in [0.1, 0.15) is 6.04 Å². The molecule has 6 heteroatoms. The van der Waals surface area contributed by atoms with Crippen LogP contribution in [-0.4, -0.2) is 20.5 Å². The van der Waals surface area contributed by atoms with Crippen molar-refractivity contribution in [2.75, 3.05) is 5.32 Å². The van der Waals surface area contributed by atoms with E-state index in [0.29, 0.717) is 18.2 Å². The fourth-order valence-corrected chi connectivity index (χ4v) is 4.27. The monoisotopic (exact) mass is 420 g/mol. The van der Waals surface area contributed by atoms with E-state index in [1.54, 1.807) is 0 Å². The summed E-state index contributed by atoms with van der Waals surface area (Å²) in [6.07, 6.45) is 2.31. The number of hydrogen-bond acceptors (Lipinski definition) is 4. The van der Waals surface area contributed by atoms with E-state index in [1.165, 1.54) is 0 Å². The maximum absolute atomic E-state index is 12.8. The first-order valence-corrected chi connectivity index (χ1v) is 9.81. The normalized spacial score (nSPS) is 18.7. The number of benzene rings is 2. The second-order valence-electron chi connectivity index (χ2n) is 6.82. The number of rotatable bonds is 2. The van der Waals surface area contributed by atoms with Crippen molar-refractivity contribution in [3.8, 4) is 11.4 Å². The maximum Gasteiger partial charge on any atom is 0.226 e. The highest BCUT2D eigenvalue weighted by Crippen LogP contribution is 2.41. The molecule has 1 unspecified atom stereocenters. The minimum Gasteiger partial charge on any atom is -0.328 e. The number of carbonyl (C=O) groups excluding carboxylic acids is 1. The van der Waals surface area contributed by atoms with Gasteiger partial charge in [-0.15, -0.1) is 5.10 Å². The zero-order valence-electron chi connectivity index (χ0n) is 14.5. The highest BCUT2D eigenvalue weighted by molar-refractivity contribution is 9.10. The van der Waals surface area contributed by atoms with Crippen LogP contribution in [0, 0.1) is 0 Å². The molecule has 1 aromatic heterocycles. The number of nitrogens with one attached hydrogen (secondary N) is 1. The van der Waals surface area contributed by atoms with Gasteiger partial charge in [0.15, 0.2) is 11.6 Å². The molecule has 3 aromatic rings. The second kappa shape index (κ2) is 6.46. The number of fused-ring (bicyclic) bond motifs is 1. The summed E-state index contributed by atoms with van der Waals surface area (Å²) in [6.45, 7) is 0. The Bertz CT molecular complexity index is 1070. The molecule has 0 amide bonds. The van der Waals surface area contributed by atoms with Gasteiger partial charge in [0, 0.05) is 27.7 Å². The Morgan fingerprint density at radius 3 is 2.74 bits per heavy atom. The number of carbonyl (C=O) groups is 1. The van der Waals surface area contributed by atoms with Crippen molar-refractivity contribution in [2.45, 2.75) is 25.3 Å². The number of anilines is 1. The Labute approximate surface area is 165 Å². The number of halogens is 1. The molecular weight excluding hydrogens is 404 g/mol. The van der Waals surface area contributed by atoms with Gasteiger partial charge in [0.25, 0.3) is 0 Å². The zero-order chi connectivity index (χ0) is 18.4. The number of allylic oxidation sites excluding steroid dienone is 2. The van der Waals surface area contributed by atoms with Gasteiger partial charge in [-0.05, 0) is 30.5 Å². The van der Waals surface area contributed by atoms with E-state index in [9.17, 15) is 4.79 Å². The molecule has 2 aliphatic rings. The Morgan fingerprint density at radius 1 is 1.07 bits per heavy atom. The molecule has 0 saturated carbocycles. The first-order valence-electron chi connectivity index (χ1n) is 9.01. The Hall–Kier alpha value is -2.73. The second-order valence-corrected chi connectivity index (χ2v) is 7.74. The molecule has 134 valence electrons. The van der Waals surface area contributed by atoms with Crippen LogP contribution >= 0.6 is 15.9 Å². The quantitative estimate of drug-likeness (QED) is 0.650. The predicted octanol–water partition coefficient (Wildman–Crippen LogP) is 4.73. The lowest BCUT2D eigenvalue weighted by atomic mass is 9.85. The van der Waals surface area contributed by atoms with Gasteiger partial charge in [0.2, 0.25) is 5.95 Å². The van der Waals surface area contributed by atoms with E-state index < -0.39 is 0 Å². The number of ketones is 1. The fourth-order valence-electron chi connectivity index (χ4n) is 3.85. The van der Waals surface area contributed by atoms with Crippen LogP contribution in [0.15, 0.2) is 70.3 Å². The highest BCUT2D eigenvalue weighted by Gasteiger charge is 2.36. The molecule has 0 radical (unpaired) electrons. The Morgan fingerprint density at radius 2 is 1.93 bits per heavy atom. The zero-order valence-corrected chi connectivity index (χ0v) is 16.1. The van der Waals surface area contributed by atoms with E-state index in [-0.39, 0.29) is 11.8 Å². The van der Waals surface area contributed by atoms with Crippen LogP contribution in [-0.2, 0) is 4.79 Å². The molecule has 5 nitrogen and oxygen atoms in total. The molecule has 2 aromatic carbocycles. The lowest BCUT2D eigenvalue weighted by Crippen LogP contribution is -2.31. The third-order valence-electron chi connectivity index (χ3n) is 5.06. The summed E-state index contributed by atoms with van der Waals surface area (Å²) in [5.41, 5.74) is 3.78. The van der Waals surface area contributed by atoms with Crippen LogP contribution in [0.3, 0.4) is 0 Å². The standard InChI is InChI=1S/C21H17BrN4O/c22-15-9-4-8-14(12-15)19-18-16(10-5-11-17(18)27)23-21-24-20(25-26(19)21)13-6-2-1-3-7-13/h1-4,6-9,12,19H,5,10-11H2,(H,23,24,25). The van der Waals surface area contributed by atoms with Crippen molar-refractivity contribution in [3.05, 3.63) is 75.9 Å². The molecule has 0 spiro atoms. The first kappa shape index (κ1) is 16.4. The molecule has 0 bridgehead atoms. The van der Waals surface area contributed by atoms with Crippen molar-refractivity contribution in [1.29, 1.82) is 0 Å². The summed E-state index contributed by atoms with van der Waals surface area (Å²) in [7, 11) is 0. The van der Waals surface area contributed by atoms with Gasteiger partial charge in [-0.25, -0.2) is 4.68 Å². The largest absolute Gasteiger partial charge is 0.328 e. The van der Waals surface area contributed by atoms with Crippen LogP contribution in [0.1, 0.15) is 30.9 Å². The smallest absolute Gasteiger partial charge is 0.226 e. The number of hydrogen-bond donors (Lipinski definition) is 1. The van der Waals surface area contributed by atoms with E-state index in [4.69, 9.17) is 10.1 Å². The lowest BCUT2D eigenvalue weighted by Gasteiger charge is -2.32. The van der Waals surface area contributed by atoms with Gasteiger partial charge in [-0.3, -0.25) is 4.79 Å². The maximum atomic E-state index is 12.8. The van der Waals surface area contributed by atoms with E-state index in [1.807, 2.05) is 53.2 Å². The van der Waals surface area contributed by atoms with Crippen LogP contribution in [0.5, 0.6) is 0 Å². The fraction of sp³-hybridized carbons (Fsp3) is 0.190. The summed E-state index contributed by atoms with van der Waals surface area (Å²) in [6, 6.07) is 17.7. The van der Waals surface area contributed by atoms with Crippen LogP contribution in [0.4, 0.5) is 5.95 Å². The minimum absolute atomic E-state index is 0.191. The van der Waals surface area contributed by atoms with Crippen molar-refractivity contribution in [3.63, 3.8) is 0 Å². The summed E-state index contributed by atoms with van der Waals surface area (Å²) >= 11 is 3.55. The minimum atomic E-state index is -0.258. The summed E-state index contributed by atoms with van der Waals surface area (Å²) < 4.78 is 2.83. The molecule has 5 rings (SSSR count). The molecule has 0 saturated heterocycles. The van der Waals surface area contributed by atoms with Crippen LogP contribution in [0.2, 0.25) is 0 Å². The molecule has 1 atom stereocenters. The van der Waals surface area contributed by atoms with Gasteiger partial charge >= 0.3 is 0 Å². The van der Waals surface area contributed by atoms with Crippen molar-refractivity contribution >= 4 is 27.7 Å². The van der Waals surface area contributed by atoms with Gasteiger partial charge in [-0.2, -0.15) is 4.98 Å². The van der Waals surface area contributed by atoms with E-state index >= 15 is 0 Å². The number of aromatic nitrogens is 3. The third-order valence-corrected chi connectivity index (χ3v) is 5.56. The number of nitrogens with zero attached hydrogens (tertiary/aromatic N) is 3. The molecule has 1 aliphatic carbocycles. The third kappa shape index (κ3) is 2.80. The molecule has 0 fully saturated rings. The average Bonchev–Trinajstić information content (AvgIpc) is 3.11. The molecule has 1 N–H and O–H groups in total. The SMILES string of the molecule is O=C1CCCC2=C1C(c1cccc(Br)c1)n1nc(-c3ccccc3)nc1N2. The lowest BCUT2D eigenvalue weighted by molar-refractivity contribution is -0.116. The van der Waals surface area contributed by atoms with Gasteiger partial charge < -0.3 is 5.32 Å². The van der Waals surface area contributed by atoms with Crippen molar-refractivity contribution < 1.29 is 4.79 Å². The summed E-state index contributed by atoms with van der Waals surface area (Å²) in [5, 5.41) is 8.15. The van der Waals surface area contributed by atoms with E-state index in [0.717, 1.165) is 39.7 Å². The van der Waals surface area contributed by atoms with Crippen LogP contribution < -0.4 is 5.32 Å². The molecule has 27 heavy (non-hydrogen) atoms. The first-order chi connectivity index (χ1) is 13.2. The Balaban J connectivity index is 1.70. The van der Waals surface area contributed by atoms with E-state index in [2.05, 4.69) is 27.3 Å². The molecular formula is C21H17BrN4O. The van der Waals surface area contributed by atoms with Gasteiger partial charge in [0.05, 0.1) is 0 Å². The molecule has 1 aliphatic heterocycles. The predicted molar refractivity (Wildman–Crippen MR) is 107 cm³/mol. The number of Topliss-reactive ketones (excluding diaryl/α,β-unsaturated/α-hetero) is 1. The summed E-state index contributed by atoms with van der Waals surface area (Å²) in [5.74, 6) is 1.54. The van der Waals surface area contributed by atoms with Gasteiger partial charge in [-0.1, -0.05) is 58.4 Å². The van der Waals surface area contributed by atoms with Crippen molar-refractivity contribution in [2.24, 2.45) is 0 Å². The highest BCUT2D eigenvalue weighted by atomic mass is 79.9. The molecule has 2 heterocycles.